The zero-order chi connectivity index (χ0) is 8.27. The van der Waals surface area contributed by atoms with Crippen LogP contribution in [0.1, 0.15) is 6.92 Å². The van der Waals surface area contributed by atoms with Gasteiger partial charge in [0.2, 0.25) is 0 Å². The number of hydrogen-bond donors (Lipinski definition) is 2. The number of nitrogens with one attached hydrogen (secondary N) is 1. The van der Waals surface area contributed by atoms with Gasteiger partial charge >= 0.3 is 0 Å². The summed E-state index contributed by atoms with van der Waals surface area (Å²) in [5.41, 5.74) is 1.55. The fourth-order valence-corrected chi connectivity index (χ4v) is 0.750. The van der Waals surface area contributed by atoms with Gasteiger partial charge in [-0.25, -0.2) is 10.5 Å². The van der Waals surface area contributed by atoms with Crippen molar-refractivity contribution in [2.24, 2.45) is 15.9 Å². The first-order chi connectivity index (χ1) is 5.24. The molecule has 5 heteroatoms. The van der Waals surface area contributed by atoms with Crippen LogP contribution in [-0.4, -0.2) is 29.7 Å². The summed E-state index contributed by atoms with van der Waals surface area (Å²) in [6, 6.07) is 0. The van der Waals surface area contributed by atoms with E-state index in [2.05, 4.69) is 9.98 Å². The van der Waals surface area contributed by atoms with E-state index in [1.165, 1.54) is 6.21 Å². The molecule has 0 saturated carbocycles. The number of aliphatic imine (C=N–C) groups is 2. The topological polar surface area (TPSA) is 74.0 Å². The van der Waals surface area contributed by atoms with Gasteiger partial charge in [0.15, 0.2) is 0 Å². The zero-order valence-electron chi connectivity index (χ0n) is 6.11. The highest BCUT2D eigenvalue weighted by atomic mass is 16.5. The first kappa shape index (κ1) is 7.87. The van der Waals surface area contributed by atoms with Crippen LogP contribution in [0.15, 0.2) is 9.98 Å². The minimum absolute atomic E-state index is 0.363. The van der Waals surface area contributed by atoms with E-state index in [9.17, 15) is 4.79 Å². The first-order valence-corrected chi connectivity index (χ1v) is 3.23. The molecule has 5 nitrogen and oxygen atoms in total. The maximum absolute atomic E-state index is 10.8. The molecule has 1 heterocycles. The van der Waals surface area contributed by atoms with Crippen molar-refractivity contribution < 1.29 is 10.0 Å². The molecule has 1 aliphatic heterocycles. The lowest BCUT2D eigenvalue weighted by Crippen LogP contribution is -2.32. The van der Waals surface area contributed by atoms with E-state index in [0.717, 1.165) is 0 Å². The quantitative estimate of drug-likeness (QED) is 0.400. The van der Waals surface area contributed by atoms with Crippen LogP contribution in [0, 0.1) is 5.92 Å². The van der Waals surface area contributed by atoms with Crippen LogP contribution in [-0.2, 0) is 4.79 Å². The molecule has 60 valence electrons. The summed E-state index contributed by atoms with van der Waals surface area (Å²) in [6.07, 6.45) is 1.48. The molecular formula is C6H9N3O2. The van der Waals surface area contributed by atoms with E-state index in [1.807, 2.05) is 0 Å². The molecule has 1 unspecified atom stereocenters. The molecule has 0 radical (unpaired) electrons. The molecule has 11 heavy (non-hydrogen) atoms. The highest BCUT2D eigenvalue weighted by Crippen LogP contribution is 2.00. The van der Waals surface area contributed by atoms with Crippen molar-refractivity contribution >= 4 is 18.0 Å². The van der Waals surface area contributed by atoms with Gasteiger partial charge in [-0.15, -0.1) is 0 Å². The number of amides is 1. The average Bonchev–Trinajstić information content (AvgIpc) is 2.05. The van der Waals surface area contributed by atoms with E-state index in [4.69, 9.17) is 5.21 Å². The molecule has 1 amide bonds. The van der Waals surface area contributed by atoms with Gasteiger partial charge in [0.25, 0.3) is 5.91 Å². The van der Waals surface area contributed by atoms with Gasteiger partial charge in [0.1, 0.15) is 5.84 Å². The Kier molecular flexibility index (Phi) is 2.32. The molecule has 0 aliphatic carbocycles. The lowest BCUT2D eigenvalue weighted by atomic mass is 10.1. The van der Waals surface area contributed by atoms with Crippen LogP contribution in [0.5, 0.6) is 0 Å². The average molecular weight is 155 g/mol. The zero-order valence-corrected chi connectivity index (χ0v) is 6.11. The number of hydrogen-bond acceptors (Lipinski definition) is 4. The molecule has 1 atom stereocenters. The minimum atomic E-state index is -0.468. The van der Waals surface area contributed by atoms with Crippen molar-refractivity contribution in [3.8, 4) is 0 Å². The van der Waals surface area contributed by atoms with E-state index >= 15 is 0 Å². The van der Waals surface area contributed by atoms with Gasteiger partial charge in [-0.05, 0) is 6.92 Å². The highest BCUT2D eigenvalue weighted by Gasteiger charge is 2.17. The van der Waals surface area contributed by atoms with Gasteiger partial charge in [-0.1, -0.05) is 0 Å². The Morgan fingerprint density at radius 1 is 1.91 bits per heavy atom. The number of carbonyl (C=O) groups excluding carboxylic acids is 1. The van der Waals surface area contributed by atoms with Crippen molar-refractivity contribution in [2.75, 3.05) is 6.54 Å². The third-order valence-electron chi connectivity index (χ3n) is 1.41. The standard InChI is InChI=1S/C6H9N3O2/c1-4-7-2-5(3-8-4)6(10)9-11/h2,5,11H,3H2,1H3,(H,9,10). The molecule has 0 fully saturated rings. The van der Waals surface area contributed by atoms with Crippen LogP contribution in [0.4, 0.5) is 0 Å². The Bertz CT molecular complexity index is 222. The van der Waals surface area contributed by atoms with Crippen molar-refractivity contribution in [3.05, 3.63) is 0 Å². The smallest absolute Gasteiger partial charge is 0.253 e. The Morgan fingerprint density at radius 3 is 3.09 bits per heavy atom. The summed E-state index contributed by atoms with van der Waals surface area (Å²) in [7, 11) is 0. The fraction of sp³-hybridized carbons (Fsp3) is 0.500. The Labute approximate surface area is 63.8 Å². The Balaban J connectivity index is 2.55. The number of rotatable bonds is 1. The number of amidine groups is 1. The molecule has 1 aliphatic rings. The molecular weight excluding hydrogens is 146 g/mol. The van der Waals surface area contributed by atoms with Crippen LogP contribution >= 0.6 is 0 Å². The lowest BCUT2D eigenvalue weighted by molar-refractivity contribution is -0.130. The highest BCUT2D eigenvalue weighted by molar-refractivity contribution is 5.99. The van der Waals surface area contributed by atoms with E-state index < -0.39 is 11.8 Å². The minimum Gasteiger partial charge on any atom is -0.289 e. The summed E-state index contributed by atoms with van der Waals surface area (Å²) < 4.78 is 0. The second kappa shape index (κ2) is 3.25. The molecule has 0 spiro atoms. The Hall–Kier alpha value is -1.23. The van der Waals surface area contributed by atoms with Gasteiger partial charge in [-0.2, -0.15) is 0 Å². The van der Waals surface area contributed by atoms with Crippen molar-refractivity contribution in [1.29, 1.82) is 0 Å². The third-order valence-corrected chi connectivity index (χ3v) is 1.41. The van der Waals surface area contributed by atoms with Crippen LogP contribution < -0.4 is 5.48 Å². The van der Waals surface area contributed by atoms with Crippen LogP contribution in [0.3, 0.4) is 0 Å². The van der Waals surface area contributed by atoms with E-state index in [0.29, 0.717) is 12.4 Å². The predicted octanol–water partition coefficient (Wildman–Crippen LogP) is -0.389. The number of carbonyl (C=O) groups is 1. The van der Waals surface area contributed by atoms with Crippen molar-refractivity contribution in [3.63, 3.8) is 0 Å². The molecule has 0 aromatic heterocycles. The van der Waals surface area contributed by atoms with Crippen LogP contribution in [0.2, 0.25) is 0 Å². The number of hydroxylamine groups is 1. The number of nitrogens with zero attached hydrogens (tertiary/aromatic N) is 2. The summed E-state index contributed by atoms with van der Waals surface area (Å²) >= 11 is 0. The molecule has 2 N–H and O–H groups in total. The van der Waals surface area contributed by atoms with Gasteiger partial charge in [-0.3, -0.25) is 15.0 Å². The van der Waals surface area contributed by atoms with Crippen molar-refractivity contribution in [1.82, 2.24) is 5.48 Å². The van der Waals surface area contributed by atoms with E-state index in [-0.39, 0.29) is 0 Å². The summed E-state index contributed by atoms with van der Waals surface area (Å²) in [6.45, 7) is 2.12. The first-order valence-electron chi connectivity index (χ1n) is 3.23. The summed E-state index contributed by atoms with van der Waals surface area (Å²) in [4.78, 5) is 18.5. The third kappa shape index (κ3) is 1.84. The summed E-state index contributed by atoms with van der Waals surface area (Å²) in [5, 5.41) is 8.24. The SMILES string of the molecule is CC1=NCC(C(=O)NO)C=N1. The molecule has 1 rings (SSSR count). The molecule has 0 aromatic rings. The fourth-order valence-electron chi connectivity index (χ4n) is 0.750. The maximum atomic E-state index is 10.8. The normalized spacial score (nSPS) is 22.7. The molecule has 0 aromatic carbocycles. The second-order valence-corrected chi connectivity index (χ2v) is 2.25. The summed E-state index contributed by atoms with van der Waals surface area (Å²) in [5.74, 6) is -0.235. The Morgan fingerprint density at radius 2 is 2.64 bits per heavy atom. The van der Waals surface area contributed by atoms with Gasteiger partial charge in [0.05, 0.1) is 12.5 Å². The maximum Gasteiger partial charge on any atom is 0.253 e. The van der Waals surface area contributed by atoms with Crippen LogP contribution in [0.25, 0.3) is 0 Å². The lowest BCUT2D eigenvalue weighted by Gasteiger charge is -2.10. The second-order valence-electron chi connectivity index (χ2n) is 2.25. The van der Waals surface area contributed by atoms with Crippen molar-refractivity contribution in [2.45, 2.75) is 6.92 Å². The predicted molar refractivity (Wildman–Crippen MR) is 39.9 cm³/mol. The molecule has 0 saturated heterocycles. The largest absolute Gasteiger partial charge is 0.289 e. The van der Waals surface area contributed by atoms with Gasteiger partial charge in [0, 0.05) is 6.21 Å². The molecule has 0 bridgehead atoms. The van der Waals surface area contributed by atoms with E-state index in [1.54, 1.807) is 12.4 Å². The van der Waals surface area contributed by atoms with Gasteiger partial charge < -0.3 is 0 Å². The monoisotopic (exact) mass is 155 g/mol.